The number of nitrogens with zero attached hydrogens (tertiary/aromatic N) is 1. The molecule has 0 bridgehead atoms. The average Bonchev–Trinajstić information content (AvgIpc) is 2.39. The second-order valence-electron chi connectivity index (χ2n) is 5.08. The van der Waals surface area contributed by atoms with Crippen molar-refractivity contribution in [3.63, 3.8) is 0 Å². The molecule has 1 heterocycles. The summed E-state index contributed by atoms with van der Waals surface area (Å²) in [5.74, 6) is 0.567. The van der Waals surface area contributed by atoms with Crippen molar-refractivity contribution >= 4 is 11.6 Å². The van der Waals surface area contributed by atoms with Crippen molar-refractivity contribution in [3.05, 3.63) is 24.0 Å². The lowest BCUT2D eigenvalue weighted by molar-refractivity contribution is 0.0936. The number of carbonyl (C=O) groups excluding carboxylic acids is 1. The maximum absolute atomic E-state index is 12.2. The van der Waals surface area contributed by atoms with Gasteiger partial charge in [-0.05, 0) is 32.3 Å². The Labute approximate surface area is 116 Å². The predicted molar refractivity (Wildman–Crippen MR) is 79.4 cm³/mol. The Balaban J connectivity index is 2.67. The third kappa shape index (κ3) is 4.89. The largest absolute Gasteiger partial charge is 0.385 e. The Bertz CT molecular complexity index is 406. The van der Waals surface area contributed by atoms with Crippen LogP contribution in [0.5, 0.6) is 0 Å². The van der Waals surface area contributed by atoms with Crippen molar-refractivity contribution < 1.29 is 4.79 Å². The summed E-state index contributed by atoms with van der Waals surface area (Å²) in [6.45, 7) is 9.22. The van der Waals surface area contributed by atoms with Gasteiger partial charge in [0.25, 0.3) is 5.91 Å². The van der Waals surface area contributed by atoms with Crippen LogP contribution in [0.1, 0.15) is 50.9 Å². The SMILES string of the molecule is CCNc1ccncc1C(=O)NC(C)CC(C)CC. The fourth-order valence-electron chi connectivity index (χ4n) is 2.05. The molecular formula is C15H25N3O. The Morgan fingerprint density at radius 3 is 2.74 bits per heavy atom. The van der Waals surface area contributed by atoms with Crippen molar-refractivity contribution in [1.82, 2.24) is 10.3 Å². The summed E-state index contributed by atoms with van der Waals surface area (Å²) >= 11 is 0. The molecule has 1 rings (SSSR count). The lowest BCUT2D eigenvalue weighted by Crippen LogP contribution is -2.34. The lowest BCUT2D eigenvalue weighted by atomic mass is 10.00. The molecule has 1 aromatic rings. The highest BCUT2D eigenvalue weighted by Crippen LogP contribution is 2.14. The molecule has 0 saturated carbocycles. The number of anilines is 1. The molecule has 106 valence electrons. The monoisotopic (exact) mass is 263 g/mol. The number of carbonyl (C=O) groups is 1. The zero-order chi connectivity index (χ0) is 14.3. The minimum atomic E-state index is -0.0557. The van der Waals surface area contributed by atoms with E-state index in [0.717, 1.165) is 25.1 Å². The topological polar surface area (TPSA) is 54.0 Å². The first-order valence-electron chi connectivity index (χ1n) is 7.07. The Kier molecular flexibility index (Phi) is 6.33. The molecule has 0 aliphatic carbocycles. The first kappa shape index (κ1) is 15.5. The van der Waals surface area contributed by atoms with Gasteiger partial charge in [0.15, 0.2) is 0 Å². The number of pyridine rings is 1. The molecule has 0 radical (unpaired) electrons. The summed E-state index contributed by atoms with van der Waals surface area (Å²) in [5.41, 5.74) is 1.45. The molecule has 0 spiro atoms. The van der Waals surface area contributed by atoms with Crippen molar-refractivity contribution in [3.8, 4) is 0 Å². The summed E-state index contributed by atoms with van der Waals surface area (Å²) < 4.78 is 0. The van der Waals surface area contributed by atoms with Crippen LogP contribution < -0.4 is 10.6 Å². The number of amides is 1. The summed E-state index contributed by atoms with van der Waals surface area (Å²) in [5, 5.41) is 6.22. The lowest BCUT2D eigenvalue weighted by Gasteiger charge is -2.18. The van der Waals surface area contributed by atoms with E-state index in [4.69, 9.17) is 0 Å². The third-order valence-electron chi connectivity index (χ3n) is 3.26. The van der Waals surface area contributed by atoms with Crippen LogP contribution in [0.2, 0.25) is 0 Å². The Hall–Kier alpha value is -1.58. The molecule has 0 aliphatic heterocycles. The maximum Gasteiger partial charge on any atom is 0.255 e. The van der Waals surface area contributed by atoms with E-state index in [9.17, 15) is 4.79 Å². The van der Waals surface area contributed by atoms with Gasteiger partial charge < -0.3 is 10.6 Å². The van der Waals surface area contributed by atoms with E-state index in [1.54, 1.807) is 12.4 Å². The minimum absolute atomic E-state index is 0.0557. The normalized spacial score (nSPS) is 13.7. The van der Waals surface area contributed by atoms with E-state index in [2.05, 4.69) is 29.5 Å². The molecule has 0 aliphatic rings. The number of aromatic nitrogens is 1. The molecule has 0 saturated heterocycles. The number of hydrogen-bond donors (Lipinski definition) is 2. The minimum Gasteiger partial charge on any atom is -0.385 e. The molecule has 0 aromatic carbocycles. The fraction of sp³-hybridized carbons (Fsp3) is 0.600. The molecular weight excluding hydrogens is 238 g/mol. The van der Waals surface area contributed by atoms with E-state index < -0.39 is 0 Å². The summed E-state index contributed by atoms with van der Waals surface area (Å²) in [6.07, 6.45) is 5.44. The molecule has 4 heteroatoms. The summed E-state index contributed by atoms with van der Waals surface area (Å²) in [7, 11) is 0. The first-order valence-corrected chi connectivity index (χ1v) is 7.07. The van der Waals surface area contributed by atoms with Gasteiger partial charge in [0.05, 0.1) is 11.3 Å². The van der Waals surface area contributed by atoms with Gasteiger partial charge in [-0.25, -0.2) is 0 Å². The van der Waals surface area contributed by atoms with Gasteiger partial charge in [0.1, 0.15) is 0 Å². The van der Waals surface area contributed by atoms with E-state index in [0.29, 0.717) is 11.5 Å². The highest BCUT2D eigenvalue weighted by Gasteiger charge is 2.15. The van der Waals surface area contributed by atoms with Gasteiger partial charge >= 0.3 is 0 Å². The zero-order valence-corrected chi connectivity index (χ0v) is 12.4. The van der Waals surface area contributed by atoms with Gasteiger partial charge in [-0.2, -0.15) is 0 Å². The van der Waals surface area contributed by atoms with Crippen LogP contribution in [0, 0.1) is 5.92 Å². The van der Waals surface area contributed by atoms with Crippen LogP contribution in [-0.2, 0) is 0 Å². The van der Waals surface area contributed by atoms with Crippen LogP contribution in [0.4, 0.5) is 5.69 Å². The standard InChI is InChI=1S/C15H25N3O/c1-5-11(3)9-12(4)18-15(19)13-10-16-8-7-14(13)17-6-2/h7-8,10-12H,5-6,9H2,1-4H3,(H,16,17)(H,18,19). The molecule has 1 aromatic heterocycles. The fourth-order valence-corrected chi connectivity index (χ4v) is 2.05. The van der Waals surface area contributed by atoms with Crippen molar-refractivity contribution in [2.75, 3.05) is 11.9 Å². The highest BCUT2D eigenvalue weighted by atomic mass is 16.1. The highest BCUT2D eigenvalue weighted by molar-refractivity contribution is 5.99. The van der Waals surface area contributed by atoms with Crippen molar-refractivity contribution in [2.45, 2.75) is 46.6 Å². The van der Waals surface area contributed by atoms with Crippen molar-refractivity contribution in [1.29, 1.82) is 0 Å². The first-order chi connectivity index (χ1) is 9.08. The van der Waals surface area contributed by atoms with Crippen LogP contribution in [0.25, 0.3) is 0 Å². The summed E-state index contributed by atoms with van der Waals surface area (Å²) in [6, 6.07) is 2.01. The molecule has 2 unspecified atom stereocenters. The Morgan fingerprint density at radius 1 is 1.37 bits per heavy atom. The van der Waals surface area contributed by atoms with E-state index in [-0.39, 0.29) is 11.9 Å². The van der Waals surface area contributed by atoms with Crippen LogP contribution in [0.15, 0.2) is 18.5 Å². The number of hydrogen-bond acceptors (Lipinski definition) is 3. The zero-order valence-electron chi connectivity index (χ0n) is 12.4. The molecule has 2 atom stereocenters. The second-order valence-corrected chi connectivity index (χ2v) is 5.08. The quantitative estimate of drug-likeness (QED) is 0.795. The average molecular weight is 263 g/mol. The number of rotatable bonds is 7. The van der Waals surface area contributed by atoms with Gasteiger partial charge in [0.2, 0.25) is 0 Å². The summed E-state index contributed by atoms with van der Waals surface area (Å²) in [4.78, 5) is 16.3. The molecule has 4 nitrogen and oxygen atoms in total. The molecule has 19 heavy (non-hydrogen) atoms. The third-order valence-corrected chi connectivity index (χ3v) is 3.26. The van der Waals surface area contributed by atoms with Gasteiger partial charge in [0, 0.05) is 25.0 Å². The van der Waals surface area contributed by atoms with Gasteiger partial charge in [-0.3, -0.25) is 9.78 Å². The molecule has 1 amide bonds. The van der Waals surface area contributed by atoms with E-state index in [1.165, 1.54) is 0 Å². The van der Waals surface area contributed by atoms with E-state index in [1.807, 2.05) is 19.9 Å². The molecule has 2 N–H and O–H groups in total. The smallest absolute Gasteiger partial charge is 0.255 e. The Morgan fingerprint density at radius 2 is 2.11 bits per heavy atom. The van der Waals surface area contributed by atoms with Crippen LogP contribution in [-0.4, -0.2) is 23.5 Å². The molecule has 0 fully saturated rings. The van der Waals surface area contributed by atoms with Gasteiger partial charge in [-0.1, -0.05) is 20.3 Å². The van der Waals surface area contributed by atoms with Gasteiger partial charge in [-0.15, -0.1) is 0 Å². The number of nitrogens with one attached hydrogen (secondary N) is 2. The maximum atomic E-state index is 12.2. The predicted octanol–water partition coefficient (Wildman–Crippen LogP) is 3.07. The van der Waals surface area contributed by atoms with E-state index >= 15 is 0 Å². The van der Waals surface area contributed by atoms with Crippen molar-refractivity contribution in [2.24, 2.45) is 5.92 Å². The van der Waals surface area contributed by atoms with Crippen LogP contribution >= 0.6 is 0 Å². The second kappa shape index (κ2) is 7.77. The van der Waals surface area contributed by atoms with Crippen LogP contribution in [0.3, 0.4) is 0 Å².